The van der Waals surface area contributed by atoms with Crippen molar-refractivity contribution in [2.24, 2.45) is 7.05 Å². The van der Waals surface area contributed by atoms with Gasteiger partial charge in [0.15, 0.2) is 11.5 Å². The number of nitrogens with zero attached hydrogens (tertiary/aromatic N) is 8. The van der Waals surface area contributed by atoms with E-state index in [9.17, 15) is 9.59 Å². The van der Waals surface area contributed by atoms with Gasteiger partial charge in [-0.1, -0.05) is 0 Å². The number of amides is 1. The monoisotopic (exact) mass is 391 g/mol. The Bertz CT molecular complexity index is 1260. The first kappa shape index (κ1) is 17.2. The van der Waals surface area contributed by atoms with E-state index in [-0.39, 0.29) is 18.0 Å². The second-order valence-corrected chi connectivity index (χ2v) is 6.99. The molecule has 1 aliphatic rings. The van der Waals surface area contributed by atoms with Crippen LogP contribution in [-0.4, -0.2) is 45.4 Å². The van der Waals surface area contributed by atoms with Crippen LogP contribution in [-0.2, 0) is 18.4 Å². The van der Waals surface area contributed by atoms with Crippen LogP contribution in [0.15, 0.2) is 41.6 Å². The third kappa shape index (κ3) is 3.16. The smallest absolute Gasteiger partial charge is 0.264 e. The van der Waals surface area contributed by atoms with Gasteiger partial charge in [-0.15, -0.1) is 5.10 Å². The normalized spacial score (nSPS) is 13.7. The fourth-order valence-corrected chi connectivity index (χ4v) is 3.19. The van der Waals surface area contributed by atoms with Gasteiger partial charge in [-0.3, -0.25) is 18.8 Å². The number of aryl methyl sites for hydroxylation is 1. The standard InChI is InChI=1S/C18H17N9O2/c1-25-17-14(8-20-25)18(29)26(10-19-17)9-15(28)21-12-4-2-11(3-5-12)16-22-23-24-27(16)13-6-7-13/h2-5,8,10,13H,6-7,9H2,1H3,(H,21,28). The number of hydrogen-bond acceptors (Lipinski definition) is 7. The zero-order valence-electron chi connectivity index (χ0n) is 15.6. The number of tetrazole rings is 1. The van der Waals surface area contributed by atoms with E-state index in [1.807, 2.05) is 16.8 Å². The average Bonchev–Trinajstić information content (AvgIpc) is 3.32. The Hall–Kier alpha value is -3.89. The largest absolute Gasteiger partial charge is 0.325 e. The Morgan fingerprint density at radius 2 is 2.03 bits per heavy atom. The van der Waals surface area contributed by atoms with Crippen LogP contribution < -0.4 is 10.9 Å². The van der Waals surface area contributed by atoms with E-state index < -0.39 is 0 Å². The van der Waals surface area contributed by atoms with Crippen molar-refractivity contribution < 1.29 is 4.79 Å². The molecule has 1 aliphatic carbocycles. The maximum absolute atomic E-state index is 12.5. The summed E-state index contributed by atoms with van der Waals surface area (Å²) in [7, 11) is 1.71. The summed E-state index contributed by atoms with van der Waals surface area (Å²) in [5.41, 5.74) is 1.67. The number of benzene rings is 1. The molecular formula is C18H17N9O2. The molecule has 0 radical (unpaired) electrons. The van der Waals surface area contributed by atoms with Crippen molar-refractivity contribution >= 4 is 22.6 Å². The molecule has 146 valence electrons. The molecule has 1 N–H and O–H groups in total. The first-order valence-corrected chi connectivity index (χ1v) is 9.15. The van der Waals surface area contributed by atoms with Crippen molar-refractivity contribution in [1.29, 1.82) is 0 Å². The number of nitrogens with one attached hydrogen (secondary N) is 1. The summed E-state index contributed by atoms with van der Waals surface area (Å²) in [4.78, 5) is 29.0. The first-order chi connectivity index (χ1) is 14.1. The number of anilines is 1. The highest BCUT2D eigenvalue weighted by molar-refractivity contribution is 5.91. The summed E-state index contributed by atoms with van der Waals surface area (Å²) in [5.74, 6) is 0.389. The SMILES string of the molecule is Cn1ncc2c(=O)n(CC(=O)Nc3ccc(-c4nnnn4C4CC4)cc3)cnc21. The zero-order valence-corrected chi connectivity index (χ0v) is 15.6. The molecule has 11 nitrogen and oxygen atoms in total. The van der Waals surface area contributed by atoms with Crippen LogP contribution in [0.25, 0.3) is 22.4 Å². The van der Waals surface area contributed by atoms with Gasteiger partial charge in [0.05, 0.1) is 12.2 Å². The lowest BCUT2D eigenvalue weighted by molar-refractivity contribution is -0.116. The second-order valence-electron chi connectivity index (χ2n) is 6.99. The second kappa shape index (κ2) is 6.62. The van der Waals surface area contributed by atoms with Crippen molar-refractivity contribution in [3.05, 3.63) is 47.1 Å². The molecule has 0 bridgehead atoms. The third-order valence-corrected chi connectivity index (χ3v) is 4.84. The van der Waals surface area contributed by atoms with Crippen LogP contribution in [0.1, 0.15) is 18.9 Å². The molecule has 0 spiro atoms. The van der Waals surface area contributed by atoms with E-state index in [2.05, 4.69) is 30.9 Å². The summed E-state index contributed by atoms with van der Waals surface area (Å²) in [6.07, 6.45) is 4.98. The fourth-order valence-electron chi connectivity index (χ4n) is 3.19. The van der Waals surface area contributed by atoms with E-state index in [1.54, 1.807) is 19.2 Å². The Balaban J connectivity index is 1.30. The van der Waals surface area contributed by atoms with Crippen molar-refractivity contribution in [3.8, 4) is 11.4 Å². The molecule has 3 heterocycles. The lowest BCUT2D eigenvalue weighted by Crippen LogP contribution is -2.27. The zero-order chi connectivity index (χ0) is 20.0. The number of aromatic nitrogens is 8. The Kier molecular flexibility index (Phi) is 3.93. The van der Waals surface area contributed by atoms with Crippen LogP contribution in [0.3, 0.4) is 0 Å². The first-order valence-electron chi connectivity index (χ1n) is 9.15. The van der Waals surface area contributed by atoms with Crippen molar-refractivity contribution in [3.63, 3.8) is 0 Å². The predicted octanol–water partition coefficient (Wildman–Crippen LogP) is 0.757. The molecule has 0 aliphatic heterocycles. The maximum Gasteiger partial charge on any atom is 0.264 e. The maximum atomic E-state index is 12.5. The molecule has 11 heteroatoms. The minimum absolute atomic E-state index is 0.141. The molecule has 29 heavy (non-hydrogen) atoms. The molecule has 3 aromatic heterocycles. The summed E-state index contributed by atoms with van der Waals surface area (Å²) in [5, 5.41) is 19.1. The summed E-state index contributed by atoms with van der Waals surface area (Å²) >= 11 is 0. The van der Waals surface area contributed by atoms with Crippen LogP contribution >= 0.6 is 0 Å². The predicted molar refractivity (Wildman–Crippen MR) is 103 cm³/mol. The van der Waals surface area contributed by atoms with Crippen LogP contribution in [0.2, 0.25) is 0 Å². The summed E-state index contributed by atoms with van der Waals surface area (Å²) in [6, 6.07) is 7.66. The number of carbonyl (C=O) groups excluding carboxylic acids is 1. The van der Waals surface area contributed by atoms with Gasteiger partial charge < -0.3 is 5.32 Å². The molecule has 5 rings (SSSR count). The van der Waals surface area contributed by atoms with E-state index in [4.69, 9.17) is 0 Å². The highest BCUT2D eigenvalue weighted by Gasteiger charge is 2.28. The molecule has 0 unspecified atom stereocenters. The lowest BCUT2D eigenvalue weighted by Gasteiger charge is -2.08. The average molecular weight is 391 g/mol. The molecule has 1 fully saturated rings. The van der Waals surface area contributed by atoms with Gasteiger partial charge in [0.2, 0.25) is 5.91 Å². The molecule has 1 saturated carbocycles. The van der Waals surface area contributed by atoms with Crippen LogP contribution in [0.5, 0.6) is 0 Å². The van der Waals surface area contributed by atoms with Gasteiger partial charge in [-0.2, -0.15) is 5.10 Å². The third-order valence-electron chi connectivity index (χ3n) is 4.84. The topological polar surface area (TPSA) is 125 Å². The highest BCUT2D eigenvalue weighted by Crippen LogP contribution is 2.36. The van der Waals surface area contributed by atoms with E-state index in [0.717, 1.165) is 18.4 Å². The summed E-state index contributed by atoms with van der Waals surface area (Å²) in [6.45, 7) is -0.141. The van der Waals surface area contributed by atoms with E-state index in [0.29, 0.717) is 28.6 Å². The highest BCUT2D eigenvalue weighted by atomic mass is 16.2. The molecule has 1 aromatic carbocycles. The van der Waals surface area contributed by atoms with Gasteiger partial charge in [-0.25, -0.2) is 9.67 Å². The number of hydrogen-bond donors (Lipinski definition) is 1. The Morgan fingerprint density at radius 3 is 2.79 bits per heavy atom. The van der Waals surface area contributed by atoms with Crippen LogP contribution in [0.4, 0.5) is 5.69 Å². The molecule has 1 amide bonds. The Labute approximate surface area is 164 Å². The van der Waals surface area contributed by atoms with Gasteiger partial charge in [-0.05, 0) is 47.5 Å². The number of carbonyl (C=O) groups is 1. The number of fused-ring (bicyclic) bond motifs is 1. The molecule has 4 aromatic rings. The van der Waals surface area contributed by atoms with Gasteiger partial charge in [0.25, 0.3) is 5.56 Å². The molecular weight excluding hydrogens is 374 g/mol. The van der Waals surface area contributed by atoms with Crippen LogP contribution in [0, 0.1) is 0 Å². The Morgan fingerprint density at radius 1 is 1.24 bits per heavy atom. The quantitative estimate of drug-likeness (QED) is 0.532. The van der Waals surface area contributed by atoms with E-state index >= 15 is 0 Å². The van der Waals surface area contributed by atoms with Gasteiger partial charge in [0, 0.05) is 18.3 Å². The van der Waals surface area contributed by atoms with Crippen molar-refractivity contribution in [2.75, 3.05) is 5.32 Å². The molecule has 0 atom stereocenters. The summed E-state index contributed by atoms with van der Waals surface area (Å²) < 4.78 is 4.61. The van der Waals surface area contributed by atoms with E-state index in [1.165, 1.54) is 21.8 Å². The van der Waals surface area contributed by atoms with Crippen molar-refractivity contribution in [2.45, 2.75) is 25.4 Å². The minimum Gasteiger partial charge on any atom is -0.325 e. The van der Waals surface area contributed by atoms with Gasteiger partial charge in [0.1, 0.15) is 18.3 Å². The fraction of sp³-hybridized carbons (Fsp3) is 0.278. The molecule has 0 saturated heterocycles. The lowest BCUT2D eigenvalue weighted by atomic mass is 10.2. The minimum atomic E-state index is -0.326. The van der Waals surface area contributed by atoms with Gasteiger partial charge >= 0.3 is 0 Å². The van der Waals surface area contributed by atoms with Crippen molar-refractivity contribution in [1.82, 2.24) is 39.5 Å². The number of rotatable bonds is 5.